The van der Waals surface area contributed by atoms with Crippen molar-refractivity contribution in [2.45, 2.75) is 51.4 Å². The second-order valence-corrected chi connectivity index (χ2v) is 10.3. The van der Waals surface area contributed by atoms with E-state index in [1.807, 2.05) is 37.3 Å². The number of carbonyl (C=O) groups is 1. The molecule has 0 spiro atoms. The van der Waals surface area contributed by atoms with Gasteiger partial charge in [0.15, 0.2) is 0 Å². The van der Waals surface area contributed by atoms with E-state index in [0.717, 1.165) is 46.4 Å². The number of aromatic nitrogens is 4. The Hall–Kier alpha value is -3.87. The number of nitrogens with zero attached hydrogens (tertiary/aromatic N) is 3. The second-order valence-electron chi connectivity index (χ2n) is 10.3. The minimum atomic E-state index is -0.333. The van der Waals surface area contributed by atoms with Gasteiger partial charge in [-0.1, -0.05) is 36.4 Å². The van der Waals surface area contributed by atoms with Crippen LogP contribution >= 0.6 is 0 Å². The molecule has 1 unspecified atom stereocenters. The minimum Gasteiger partial charge on any atom is -0.493 e. The number of Topliss-reactive ketones (excluding diaryl/α,β-unsaturated/α-hetero) is 1. The standard InChI is InChI=1S/C30H29FN4O2/c1-18-8-9-20(28(31)13-18)15-23(36)16-22-14-21(25-5-2-3-6-26(25)30-32-34-35-33-30)17-27-24(19-10-11-19)7-4-12-37-29(22)27/h2-3,5-6,8-9,13-14,17,19,24H,4,7,10-12,15-16H2,1H3,(H,32,33,34,35). The van der Waals surface area contributed by atoms with Crippen LogP contribution in [0.3, 0.4) is 0 Å². The third-order valence-electron chi connectivity index (χ3n) is 7.50. The summed E-state index contributed by atoms with van der Waals surface area (Å²) in [5.74, 6) is 2.07. The lowest BCUT2D eigenvalue weighted by Gasteiger charge is -2.21. The molecule has 1 atom stereocenters. The summed E-state index contributed by atoms with van der Waals surface area (Å²) in [6.07, 6.45) is 4.77. The third-order valence-corrected chi connectivity index (χ3v) is 7.50. The molecule has 3 aromatic carbocycles. The molecule has 6 rings (SSSR count). The van der Waals surface area contributed by atoms with Crippen LogP contribution in [0.15, 0.2) is 54.6 Å². The van der Waals surface area contributed by atoms with Gasteiger partial charge in [-0.3, -0.25) is 4.79 Å². The Labute approximate surface area is 215 Å². The molecular formula is C30H29FN4O2. The Bertz CT molecular complexity index is 1450. The first kappa shape index (κ1) is 23.5. The van der Waals surface area contributed by atoms with Crippen molar-refractivity contribution in [3.05, 3.63) is 82.7 Å². The van der Waals surface area contributed by atoms with Gasteiger partial charge in [0.1, 0.15) is 17.3 Å². The molecule has 1 fully saturated rings. The van der Waals surface area contributed by atoms with Crippen molar-refractivity contribution < 1.29 is 13.9 Å². The molecule has 2 aliphatic rings. The molecule has 1 saturated carbocycles. The molecule has 0 bridgehead atoms. The number of nitrogens with one attached hydrogen (secondary N) is 1. The van der Waals surface area contributed by atoms with Crippen LogP contribution in [-0.4, -0.2) is 33.0 Å². The van der Waals surface area contributed by atoms with E-state index in [9.17, 15) is 9.18 Å². The number of aromatic amines is 1. The maximum atomic E-state index is 14.5. The fraction of sp³-hybridized carbons (Fsp3) is 0.333. The molecule has 2 heterocycles. The van der Waals surface area contributed by atoms with Crippen LogP contribution in [0.2, 0.25) is 0 Å². The molecule has 37 heavy (non-hydrogen) atoms. The normalized spacial score (nSPS) is 17.1. The first-order valence-corrected chi connectivity index (χ1v) is 13.0. The maximum Gasteiger partial charge on any atom is 0.205 e. The minimum absolute atomic E-state index is 0.0376. The SMILES string of the molecule is Cc1ccc(CC(=O)Cc2cc(-c3ccccc3-c3nn[nH]n3)cc3c2OCCCC3C2CC2)c(F)c1. The van der Waals surface area contributed by atoms with Gasteiger partial charge in [0.25, 0.3) is 0 Å². The monoisotopic (exact) mass is 496 g/mol. The summed E-state index contributed by atoms with van der Waals surface area (Å²) < 4.78 is 20.8. The number of hydrogen-bond donors (Lipinski definition) is 1. The summed E-state index contributed by atoms with van der Waals surface area (Å²) in [6, 6.07) is 17.3. The van der Waals surface area contributed by atoms with Gasteiger partial charge in [0, 0.05) is 24.0 Å². The average molecular weight is 497 g/mol. The predicted octanol–water partition coefficient (Wildman–Crippen LogP) is 6.00. The number of tetrazole rings is 1. The van der Waals surface area contributed by atoms with E-state index < -0.39 is 0 Å². The number of carbonyl (C=O) groups excluding carboxylic acids is 1. The Morgan fingerprint density at radius 3 is 2.59 bits per heavy atom. The number of ether oxygens (including phenoxy) is 1. The summed E-state index contributed by atoms with van der Waals surface area (Å²) in [4.78, 5) is 13.3. The Morgan fingerprint density at radius 2 is 1.84 bits per heavy atom. The van der Waals surface area contributed by atoms with Crippen molar-refractivity contribution in [3.8, 4) is 28.3 Å². The molecule has 1 aliphatic carbocycles. The van der Waals surface area contributed by atoms with Crippen molar-refractivity contribution >= 4 is 5.78 Å². The highest BCUT2D eigenvalue weighted by Crippen LogP contribution is 2.50. The van der Waals surface area contributed by atoms with E-state index in [1.165, 1.54) is 24.5 Å². The largest absolute Gasteiger partial charge is 0.493 e. The van der Waals surface area contributed by atoms with Gasteiger partial charge in [-0.15, -0.1) is 10.2 Å². The van der Waals surface area contributed by atoms with Gasteiger partial charge in [0.2, 0.25) is 5.82 Å². The topological polar surface area (TPSA) is 80.8 Å². The lowest BCUT2D eigenvalue weighted by molar-refractivity contribution is -0.117. The van der Waals surface area contributed by atoms with Crippen LogP contribution < -0.4 is 4.74 Å². The number of H-pyrrole nitrogens is 1. The highest BCUT2D eigenvalue weighted by atomic mass is 19.1. The van der Waals surface area contributed by atoms with Crippen LogP contribution in [0.4, 0.5) is 4.39 Å². The van der Waals surface area contributed by atoms with Crippen LogP contribution in [0.1, 0.15) is 53.9 Å². The van der Waals surface area contributed by atoms with Crippen LogP contribution in [-0.2, 0) is 17.6 Å². The highest BCUT2D eigenvalue weighted by Gasteiger charge is 2.36. The van der Waals surface area contributed by atoms with Gasteiger partial charge in [-0.05, 0) is 95.7 Å². The predicted molar refractivity (Wildman–Crippen MR) is 139 cm³/mol. The van der Waals surface area contributed by atoms with E-state index in [-0.39, 0.29) is 24.4 Å². The number of fused-ring (bicyclic) bond motifs is 1. The zero-order chi connectivity index (χ0) is 25.4. The fourth-order valence-electron chi connectivity index (χ4n) is 5.56. The van der Waals surface area contributed by atoms with Crippen molar-refractivity contribution in [1.29, 1.82) is 0 Å². The summed E-state index contributed by atoms with van der Waals surface area (Å²) in [7, 11) is 0. The van der Waals surface area contributed by atoms with Crippen LogP contribution in [0, 0.1) is 18.7 Å². The van der Waals surface area contributed by atoms with E-state index in [1.54, 1.807) is 6.07 Å². The zero-order valence-electron chi connectivity index (χ0n) is 20.8. The fourth-order valence-corrected chi connectivity index (χ4v) is 5.56. The quantitative estimate of drug-likeness (QED) is 0.339. The number of halogens is 1. The van der Waals surface area contributed by atoms with Gasteiger partial charge in [-0.25, -0.2) is 4.39 Å². The number of hydrogen-bond acceptors (Lipinski definition) is 5. The van der Waals surface area contributed by atoms with Crippen molar-refractivity contribution in [2.75, 3.05) is 6.61 Å². The van der Waals surface area contributed by atoms with Crippen molar-refractivity contribution in [3.63, 3.8) is 0 Å². The first-order valence-electron chi connectivity index (χ1n) is 13.0. The molecule has 7 heteroatoms. The van der Waals surface area contributed by atoms with Gasteiger partial charge >= 0.3 is 0 Å². The highest BCUT2D eigenvalue weighted by molar-refractivity contribution is 5.86. The summed E-state index contributed by atoms with van der Waals surface area (Å²) in [5.41, 5.74) is 6.16. The summed E-state index contributed by atoms with van der Waals surface area (Å²) in [5, 5.41) is 14.7. The van der Waals surface area contributed by atoms with Crippen molar-refractivity contribution in [1.82, 2.24) is 20.6 Å². The molecule has 0 amide bonds. The Morgan fingerprint density at radius 1 is 1.03 bits per heavy atom. The molecular weight excluding hydrogens is 467 g/mol. The van der Waals surface area contributed by atoms with Gasteiger partial charge in [0.05, 0.1) is 6.61 Å². The first-order chi connectivity index (χ1) is 18.1. The smallest absolute Gasteiger partial charge is 0.205 e. The molecule has 1 aromatic heterocycles. The number of aryl methyl sites for hydroxylation is 1. The third kappa shape index (κ3) is 4.90. The van der Waals surface area contributed by atoms with E-state index in [0.29, 0.717) is 29.8 Å². The van der Waals surface area contributed by atoms with E-state index in [4.69, 9.17) is 4.74 Å². The Balaban J connectivity index is 1.43. The second kappa shape index (κ2) is 9.88. The molecule has 1 aliphatic heterocycles. The van der Waals surface area contributed by atoms with Crippen LogP contribution in [0.5, 0.6) is 5.75 Å². The molecule has 0 saturated heterocycles. The number of ketones is 1. The van der Waals surface area contributed by atoms with Crippen LogP contribution in [0.25, 0.3) is 22.5 Å². The Kier molecular flexibility index (Phi) is 6.28. The zero-order valence-corrected chi connectivity index (χ0v) is 20.8. The van der Waals surface area contributed by atoms with E-state index >= 15 is 0 Å². The molecule has 4 aromatic rings. The lowest BCUT2D eigenvalue weighted by atomic mass is 9.84. The average Bonchev–Trinajstić information content (AvgIpc) is 3.63. The van der Waals surface area contributed by atoms with Gasteiger partial charge < -0.3 is 4.74 Å². The molecule has 0 radical (unpaired) electrons. The summed E-state index contributed by atoms with van der Waals surface area (Å²) in [6.45, 7) is 2.48. The number of rotatable bonds is 7. The van der Waals surface area contributed by atoms with Gasteiger partial charge in [-0.2, -0.15) is 5.21 Å². The lowest BCUT2D eigenvalue weighted by Crippen LogP contribution is -2.11. The molecule has 1 N–H and O–H groups in total. The molecule has 188 valence electrons. The molecule has 6 nitrogen and oxygen atoms in total. The van der Waals surface area contributed by atoms with Crippen molar-refractivity contribution in [2.24, 2.45) is 5.92 Å². The maximum absolute atomic E-state index is 14.5. The summed E-state index contributed by atoms with van der Waals surface area (Å²) >= 11 is 0. The number of benzene rings is 3. The van der Waals surface area contributed by atoms with E-state index in [2.05, 4.69) is 32.8 Å².